The predicted octanol–water partition coefficient (Wildman–Crippen LogP) is 3.70. The molecule has 0 saturated carbocycles. The molecular formula is C27H29F5N2O8. The Morgan fingerprint density at radius 1 is 0.714 bits per heavy atom. The summed E-state index contributed by atoms with van der Waals surface area (Å²) in [7, 11) is 0. The number of nitrogens with one attached hydrogen (secondary N) is 2. The summed E-state index contributed by atoms with van der Waals surface area (Å²) in [6.07, 6.45) is -0.0953. The Kier molecular flexibility index (Phi) is 14.3. The van der Waals surface area contributed by atoms with Gasteiger partial charge in [-0.2, -0.15) is 8.78 Å². The molecule has 2 aromatic rings. The number of amides is 2. The van der Waals surface area contributed by atoms with Crippen LogP contribution in [0, 0.1) is 29.1 Å². The third kappa shape index (κ3) is 11.8. The van der Waals surface area contributed by atoms with Crippen molar-refractivity contribution in [3.8, 4) is 5.75 Å². The van der Waals surface area contributed by atoms with Crippen LogP contribution < -0.4 is 15.4 Å². The molecule has 0 aliphatic carbocycles. The first-order valence-electron chi connectivity index (χ1n) is 12.7. The molecular weight excluding hydrogens is 575 g/mol. The van der Waals surface area contributed by atoms with E-state index in [9.17, 15) is 41.1 Å². The molecule has 0 spiro atoms. The highest BCUT2D eigenvalue weighted by Gasteiger charge is 2.28. The molecule has 2 N–H and O–H groups in total. The molecule has 2 aromatic carbocycles. The number of carbonyl (C=O) groups excluding carboxylic acids is 4. The molecule has 2 rings (SSSR count). The van der Waals surface area contributed by atoms with Gasteiger partial charge in [0.25, 0.3) is 0 Å². The van der Waals surface area contributed by atoms with Crippen LogP contribution in [0.1, 0.15) is 38.2 Å². The summed E-state index contributed by atoms with van der Waals surface area (Å²) >= 11 is 0. The summed E-state index contributed by atoms with van der Waals surface area (Å²) in [6, 6.07) is 6.80. The number of esters is 2. The lowest BCUT2D eigenvalue weighted by molar-refractivity contribution is -0.142. The molecule has 0 fully saturated rings. The van der Waals surface area contributed by atoms with Crippen LogP contribution in [0.15, 0.2) is 24.3 Å². The minimum absolute atomic E-state index is 0.0454. The third-order valence-electron chi connectivity index (χ3n) is 5.25. The summed E-state index contributed by atoms with van der Waals surface area (Å²) in [5.74, 6) is -15.3. The van der Waals surface area contributed by atoms with Crippen molar-refractivity contribution >= 4 is 29.4 Å². The van der Waals surface area contributed by atoms with E-state index in [0.717, 1.165) is 5.56 Å². The van der Waals surface area contributed by atoms with Crippen molar-refractivity contribution in [1.82, 2.24) is 5.32 Å². The second kappa shape index (κ2) is 17.6. The highest BCUT2D eigenvalue weighted by atomic mass is 19.2. The van der Waals surface area contributed by atoms with E-state index in [4.69, 9.17) is 14.2 Å². The van der Waals surface area contributed by atoms with E-state index in [-0.39, 0.29) is 76.6 Å². The predicted molar refractivity (Wildman–Crippen MR) is 136 cm³/mol. The Balaban J connectivity index is 1.48. The Hall–Kier alpha value is -4.11. The summed E-state index contributed by atoms with van der Waals surface area (Å²) in [6.45, 7) is 1.73. The van der Waals surface area contributed by atoms with Crippen molar-refractivity contribution < 1.29 is 60.1 Å². The van der Waals surface area contributed by atoms with Crippen LogP contribution in [-0.4, -0.2) is 56.7 Å². The molecule has 15 heteroatoms. The van der Waals surface area contributed by atoms with Crippen LogP contribution in [0.4, 0.5) is 27.6 Å². The minimum atomic E-state index is -2.37. The summed E-state index contributed by atoms with van der Waals surface area (Å²) in [5, 5.41) is 5.31. The van der Waals surface area contributed by atoms with E-state index in [2.05, 4.69) is 15.4 Å². The first-order chi connectivity index (χ1) is 20.0. The minimum Gasteiger partial charge on any atom is -0.461 e. The highest BCUT2D eigenvalue weighted by Crippen LogP contribution is 2.29. The second-order valence-electron chi connectivity index (χ2n) is 8.58. The third-order valence-corrected chi connectivity index (χ3v) is 5.25. The van der Waals surface area contributed by atoms with Gasteiger partial charge in [0.2, 0.25) is 46.6 Å². The normalized spacial score (nSPS) is 10.7. The topological polar surface area (TPSA) is 129 Å². The fraction of sp³-hybridized carbons (Fsp3) is 0.407. The Morgan fingerprint density at radius 2 is 1.31 bits per heavy atom. The molecule has 0 unspecified atom stereocenters. The van der Waals surface area contributed by atoms with Crippen LogP contribution in [0.2, 0.25) is 0 Å². The monoisotopic (exact) mass is 604 g/mol. The number of rotatable bonds is 17. The number of hydrogen-bond acceptors (Lipinski definition) is 8. The van der Waals surface area contributed by atoms with Gasteiger partial charge in [0.05, 0.1) is 32.7 Å². The average molecular weight is 605 g/mol. The number of benzene rings is 2. The van der Waals surface area contributed by atoms with Gasteiger partial charge >= 0.3 is 11.9 Å². The number of carbonyl (C=O) groups is 4. The van der Waals surface area contributed by atoms with Crippen molar-refractivity contribution in [1.29, 1.82) is 0 Å². The maximum atomic E-state index is 13.5. The van der Waals surface area contributed by atoms with E-state index in [1.54, 1.807) is 24.3 Å². The van der Waals surface area contributed by atoms with Gasteiger partial charge in [-0.15, -0.1) is 0 Å². The fourth-order valence-electron chi connectivity index (χ4n) is 3.14. The quantitative estimate of drug-likeness (QED) is 0.0699. The van der Waals surface area contributed by atoms with Crippen molar-refractivity contribution in [2.24, 2.45) is 0 Å². The van der Waals surface area contributed by atoms with Gasteiger partial charge in [0, 0.05) is 32.2 Å². The van der Waals surface area contributed by atoms with Crippen LogP contribution in [0.5, 0.6) is 5.75 Å². The zero-order valence-corrected chi connectivity index (χ0v) is 22.5. The van der Waals surface area contributed by atoms with Gasteiger partial charge in [0.1, 0.15) is 6.61 Å². The Morgan fingerprint density at radius 3 is 1.95 bits per heavy atom. The summed E-state index contributed by atoms with van der Waals surface area (Å²) in [4.78, 5) is 46.3. The number of anilines is 1. The molecule has 230 valence electrons. The van der Waals surface area contributed by atoms with Crippen LogP contribution >= 0.6 is 0 Å². The summed E-state index contributed by atoms with van der Waals surface area (Å²) in [5.41, 5.74) is 1.35. The molecule has 0 saturated heterocycles. The maximum absolute atomic E-state index is 13.5. The van der Waals surface area contributed by atoms with E-state index >= 15 is 0 Å². The van der Waals surface area contributed by atoms with Crippen molar-refractivity contribution in [2.75, 3.05) is 38.3 Å². The standard InChI is InChI=1S/C27H29F5N2O8/c1-16(35)41-15-17-4-6-18(7-5-17)34-20(37)8-12-40-14-10-33-19(36)3-2-11-39-13-9-21(38)42-27-25(31)23(29)22(28)24(30)26(27)32/h4-7H,2-3,8-15H2,1H3,(H,33,36)(H,34,37). The van der Waals surface area contributed by atoms with E-state index in [0.29, 0.717) is 5.69 Å². The number of halogens is 5. The van der Waals surface area contributed by atoms with E-state index in [1.165, 1.54) is 6.92 Å². The molecule has 0 bridgehead atoms. The molecule has 0 aliphatic heterocycles. The zero-order chi connectivity index (χ0) is 31.1. The average Bonchev–Trinajstić information content (AvgIpc) is 2.96. The van der Waals surface area contributed by atoms with Crippen molar-refractivity contribution in [2.45, 2.75) is 39.2 Å². The van der Waals surface area contributed by atoms with Gasteiger partial charge in [-0.25, -0.2) is 13.2 Å². The fourth-order valence-corrected chi connectivity index (χ4v) is 3.14. The summed E-state index contributed by atoms with van der Waals surface area (Å²) < 4.78 is 85.9. The molecule has 0 aliphatic rings. The first-order valence-corrected chi connectivity index (χ1v) is 12.7. The lowest BCUT2D eigenvalue weighted by Gasteiger charge is -2.09. The second-order valence-corrected chi connectivity index (χ2v) is 8.58. The largest absolute Gasteiger partial charge is 0.461 e. The van der Waals surface area contributed by atoms with Gasteiger partial charge < -0.3 is 29.6 Å². The SMILES string of the molecule is CC(=O)OCc1ccc(NC(=O)CCOCCNC(=O)CCCOCCC(=O)Oc2c(F)c(F)c(F)c(F)c2F)cc1. The lowest BCUT2D eigenvalue weighted by atomic mass is 10.2. The molecule has 0 heterocycles. The van der Waals surface area contributed by atoms with Gasteiger partial charge in [-0.3, -0.25) is 19.2 Å². The molecule has 0 aromatic heterocycles. The molecule has 0 radical (unpaired) electrons. The molecule has 0 atom stereocenters. The van der Waals surface area contributed by atoms with Gasteiger partial charge in [-0.05, 0) is 24.1 Å². The van der Waals surface area contributed by atoms with Gasteiger partial charge in [0.15, 0.2) is 0 Å². The molecule has 10 nitrogen and oxygen atoms in total. The highest BCUT2D eigenvalue weighted by molar-refractivity contribution is 5.90. The van der Waals surface area contributed by atoms with Crippen LogP contribution in [0.25, 0.3) is 0 Å². The van der Waals surface area contributed by atoms with Crippen molar-refractivity contribution in [3.63, 3.8) is 0 Å². The number of ether oxygens (including phenoxy) is 4. The first kappa shape index (κ1) is 34.1. The van der Waals surface area contributed by atoms with E-state index < -0.39 is 47.2 Å². The zero-order valence-electron chi connectivity index (χ0n) is 22.5. The molecule has 42 heavy (non-hydrogen) atoms. The maximum Gasteiger partial charge on any atom is 0.313 e. The van der Waals surface area contributed by atoms with E-state index in [1.807, 2.05) is 0 Å². The smallest absolute Gasteiger partial charge is 0.313 e. The molecule has 2 amide bonds. The van der Waals surface area contributed by atoms with Crippen LogP contribution in [0.3, 0.4) is 0 Å². The number of hydrogen-bond donors (Lipinski definition) is 2. The van der Waals surface area contributed by atoms with Gasteiger partial charge in [-0.1, -0.05) is 12.1 Å². The van der Waals surface area contributed by atoms with Crippen LogP contribution in [-0.2, 0) is 40.0 Å². The lowest BCUT2D eigenvalue weighted by Crippen LogP contribution is -2.27. The Bertz CT molecular complexity index is 1220. The van der Waals surface area contributed by atoms with Crippen molar-refractivity contribution in [3.05, 3.63) is 58.9 Å². The Labute approximate surface area is 237 Å².